The Kier molecular flexibility index (Phi) is 4.03. The summed E-state index contributed by atoms with van der Waals surface area (Å²) >= 11 is 1.66. The minimum absolute atomic E-state index is 0.00643. The van der Waals surface area contributed by atoms with Crippen molar-refractivity contribution in [2.75, 3.05) is 6.61 Å². The number of hydrogen-bond donors (Lipinski definition) is 0. The van der Waals surface area contributed by atoms with E-state index in [4.69, 9.17) is 14.1 Å². The predicted octanol–water partition coefficient (Wildman–Crippen LogP) is 5.77. The van der Waals surface area contributed by atoms with Gasteiger partial charge in [-0.25, -0.2) is 0 Å². The summed E-state index contributed by atoms with van der Waals surface area (Å²) in [7, 11) is 0. The maximum Gasteiger partial charge on any atom is 0.197 e. The third-order valence-corrected chi connectivity index (χ3v) is 7.11. The zero-order valence-corrected chi connectivity index (χ0v) is 16.8. The van der Waals surface area contributed by atoms with Crippen molar-refractivity contribution in [2.45, 2.75) is 10.1 Å². The van der Waals surface area contributed by atoms with Gasteiger partial charge in [0.15, 0.2) is 5.43 Å². The van der Waals surface area contributed by atoms with Gasteiger partial charge in [-0.3, -0.25) is 9.79 Å². The number of aliphatic imine (C=N–C) groups is 1. The van der Waals surface area contributed by atoms with E-state index in [0.29, 0.717) is 23.1 Å². The van der Waals surface area contributed by atoms with Crippen LogP contribution in [0, 0.1) is 5.92 Å². The Morgan fingerprint density at radius 3 is 2.70 bits per heavy atom. The van der Waals surface area contributed by atoms with Crippen LogP contribution in [0.2, 0.25) is 0 Å². The molecule has 6 rings (SSSR count). The summed E-state index contributed by atoms with van der Waals surface area (Å²) in [5, 5.41) is 0.436. The number of ether oxygens (including phenoxy) is 1. The van der Waals surface area contributed by atoms with Gasteiger partial charge in [-0.05, 0) is 36.4 Å². The highest BCUT2D eigenvalue weighted by atomic mass is 32.2. The van der Waals surface area contributed by atoms with Gasteiger partial charge in [0.25, 0.3) is 0 Å². The SMILES string of the molecule is O=c1c([C@H]2Sc3ccccc3N=C3c4ccccc4OC[C@H]32)coc2ccccc12. The first-order chi connectivity index (χ1) is 14.8. The summed E-state index contributed by atoms with van der Waals surface area (Å²) in [4.78, 5) is 19.5. The van der Waals surface area contributed by atoms with Crippen LogP contribution in [0.3, 0.4) is 0 Å². The summed E-state index contributed by atoms with van der Waals surface area (Å²) in [5.74, 6) is 0.766. The molecule has 4 aromatic rings. The topological polar surface area (TPSA) is 51.8 Å². The van der Waals surface area contributed by atoms with E-state index in [1.165, 1.54) is 0 Å². The molecule has 1 aromatic heterocycles. The molecule has 0 fully saturated rings. The first-order valence-electron chi connectivity index (χ1n) is 9.86. The number of fused-ring (bicyclic) bond motifs is 5. The average Bonchev–Trinajstić information content (AvgIpc) is 2.96. The summed E-state index contributed by atoms with van der Waals surface area (Å²) in [6.07, 6.45) is 1.62. The molecule has 0 saturated heterocycles. The molecular weight excluding hydrogens is 394 g/mol. The van der Waals surface area contributed by atoms with Crippen molar-refractivity contribution in [3.8, 4) is 5.75 Å². The lowest BCUT2D eigenvalue weighted by atomic mass is 9.88. The Hall–Kier alpha value is -3.31. The number of hydrogen-bond acceptors (Lipinski definition) is 5. The minimum Gasteiger partial charge on any atom is -0.492 e. The molecule has 0 aliphatic carbocycles. The van der Waals surface area contributed by atoms with E-state index in [-0.39, 0.29) is 16.6 Å². The molecule has 2 atom stereocenters. The molecule has 0 saturated carbocycles. The van der Waals surface area contributed by atoms with Gasteiger partial charge in [0.2, 0.25) is 0 Å². The van der Waals surface area contributed by atoms with Crippen LogP contribution in [0.4, 0.5) is 5.69 Å². The van der Waals surface area contributed by atoms with Gasteiger partial charge in [0.05, 0.1) is 40.8 Å². The van der Waals surface area contributed by atoms with Crippen LogP contribution in [0.25, 0.3) is 11.0 Å². The Balaban J connectivity index is 1.59. The summed E-state index contributed by atoms with van der Waals surface area (Å²) < 4.78 is 12.0. The molecular formula is C25H17NO3S. The van der Waals surface area contributed by atoms with Crippen molar-refractivity contribution in [2.24, 2.45) is 10.9 Å². The fourth-order valence-electron chi connectivity index (χ4n) is 4.20. The maximum atomic E-state index is 13.4. The van der Waals surface area contributed by atoms with Crippen LogP contribution < -0.4 is 10.2 Å². The van der Waals surface area contributed by atoms with Crippen LogP contribution in [0.5, 0.6) is 5.75 Å². The average molecular weight is 411 g/mol. The van der Waals surface area contributed by atoms with Gasteiger partial charge in [-0.1, -0.05) is 36.4 Å². The number of benzene rings is 3. The van der Waals surface area contributed by atoms with E-state index >= 15 is 0 Å². The summed E-state index contributed by atoms with van der Waals surface area (Å²) in [5.41, 5.74) is 4.13. The molecule has 2 aliphatic heterocycles. The van der Waals surface area contributed by atoms with Crippen LogP contribution >= 0.6 is 11.8 Å². The molecule has 0 radical (unpaired) electrons. The van der Waals surface area contributed by atoms with Gasteiger partial charge in [0.1, 0.15) is 11.3 Å². The quantitative estimate of drug-likeness (QED) is 0.399. The molecule has 3 heterocycles. The smallest absolute Gasteiger partial charge is 0.197 e. The largest absolute Gasteiger partial charge is 0.492 e. The molecule has 4 nitrogen and oxygen atoms in total. The highest BCUT2D eigenvalue weighted by molar-refractivity contribution is 7.99. The van der Waals surface area contributed by atoms with Gasteiger partial charge >= 0.3 is 0 Å². The van der Waals surface area contributed by atoms with Gasteiger partial charge in [0, 0.05) is 16.0 Å². The number of para-hydroxylation sites is 3. The third kappa shape index (κ3) is 2.70. The Labute approximate surface area is 177 Å². The number of rotatable bonds is 1. The van der Waals surface area contributed by atoms with Gasteiger partial charge in [-0.2, -0.15) is 0 Å². The highest BCUT2D eigenvalue weighted by Crippen LogP contribution is 2.49. The van der Waals surface area contributed by atoms with E-state index in [1.807, 2.05) is 66.7 Å². The molecule has 0 amide bonds. The highest BCUT2D eigenvalue weighted by Gasteiger charge is 2.38. The monoisotopic (exact) mass is 411 g/mol. The molecule has 0 spiro atoms. The van der Waals surface area contributed by atoms with Crippen LogP contribution in [0.15, 0.2) is 98.2 Å². The van der Waals surface area contributed by atoms with Crippen molar-refractivity contribution in [1.82, 2.24) is 0 Å². The maximum absolute atomic E-state index is 13.4. The number of thioether (sulfide) groups is 1. The number of nitrogens with zero attached hydrogens (tertiary/aromatic N) is 1. The second-order valence-electron chi connectivity index (χ2n) is 7.43. The molecule has 0 bridgehead atoms. The van der Waals surface area contributed by atoms with E-state index in [9.17, 15) is 4.79 Å². The van der Waals surface area contributed by atoms with Crippen molar-refractivity contribution in [3.63, 3.8) is 0 Å². The van der Waals surface area contributed by atoms with Gasteiger partial charge in [-0.15, -0.1) is 11.8 Å². The van der Waals surface area contributed by atoms with E-state index in [0.717, 1.165) is 27.6 Å². The summed E-state index contributed by atoms with van der Waals surface area (Å²) in [6.45, 7) is 0.466. The molecule has 0 N–H and O–H groups in total. The second kappa shape index (κ2) is 6.89. The first kappa shape index (κ1) is 17.5. The Bertz CT molecular complexity index is 1370. The Morgan fingerprint density at radius 1 is 0.933 bits per heavy atom. The molecule has 3 aromatic carbocycles. The second-order valence-corrected chi connectivity index (χ2v) is 8.62. The van der Waals surface area contributed by atoms with Crippen molar-refractivity contribution in [1.29, 1.82) is 0 Å². The molecule has 146 valence electrons. The predicted molar refractivity (Wildman–Crippen MR) is 119 cm³/mol. The van der Waals surface area contributed by atoms with Crippen LogP contribution in [-0.2, 0) is 0 Å². The standard InChI is InChI=1S/C25H17NO3S/c27-24-16-8-2-5-11-21(16)29-14-18(24)25-17-13-28-20-10-4-1-7-15(20)23(17)26-19-9-3-6-12-22(19)30-25/h1-12,14,17,25H,13H2/t17-,25+/m1/s1. The van der Waals surface area contributed by atoms with Gasteiger partial charge < -0.3 is 9.15 Å². The molecule has 2 aliphatic rings. The normalized spacial score (nSPS) is 19.7. The van der Waals surface area contributed by atoms with Crippen molar-refractivity contribution >= 4 is 34.1 Å². The minimum atomic E-state index is -0.165. The fraction of sp³-hybridized carbons (Fsp3) is 0.120. The molecule has 30 heavy (non-hydrogen) atoms. The lowest BCUT2D eigenvalue weighted by Crippen LogP contribution is -2.33. The van der Waals surface area contributed by atoms with E-state index in [1.54, 1.807) is 18.0 Å². The molecule has 0 unspecified atom stereocenters. The van der Waals surface area contributed by atoms with Crippen molar-refractivity contribution < 1.29 is 9.15 Å². The van der Waals surface area contributed by atoms with E-state index in [2.05, 4.69) is 6.07 Å². The zero-order chi connectivity index (χ0) is 20.1. The zero-order valence-electron chi connectivity index (χ0n) is 15.9. The first-order valence-corrected chi connectivity index (χ1v) is 10.7. The lowest BCUT2D eigenvalue weighted by molar-refractivity contribution is 0.271. The van der Waals surface area contributed by atoms with Crippen molar-refractivity contribution in [3.05, 3.63) is 100 Å². The molecule has 5 heteroatoms. The Morgan fingerprint density at radius 2 is 1.73 bits per heavy atom. The summed E-state index contributed by atoms with van der Waals surface area (Å²) in [6, 6.07) is 23.4. The van der Waals surface area contributed by atoms with E-state index < -0.39 is 0 Å². The fourth-order valence-corrected chi connectivity index (χ4v) is 5.53. The lowest BCUT2D eigenvalue weighted by Gasteiger charge is -2.31. The van der Waals surface area contributed by atoms with Crippen LogP contribution in [-0.4, -0.2) is 12.3 Å². The van der Waals surface area contributed by atoms with Crippen LogP contribution in [0.1, 0.15) is 16.4 Å². The third-order valence-electron chi connectivity index (χ3n) is 5.67.